The Labute approximate surface area is 136 Å². The van der Waals surface area contributed by atoms with Gasteiger partial charge in [0.25, 0.3) is 0 Å². The Morgan fingerprint density at radius 2 is 2.14 bits per heavy atom. The molecule has 0 saturated carbocycles. The molecule has 2 rings (SSSR count). The predicted molar refractivity (Wildman–Crippen MR) is 88.1 cm³/mol. The maximum Gasteiger partial charge on any atom is 0.315 e. The van der Waals surface area contributed by atoms with Gasteiger partial charge in [-0.3, -0.25) is 4.90 Å². The van der Waals surface area contributed by atoms with Crippen molar-refractivity contribution in [1.29, 1.82) is 0 Å². The number of likely N-dealkylation sites (tertiary alicyclic amines) is 1. The summed E-state index contributed by atoms with van der Waals surface area (Å²) in [4.78, 5) is 14.3. The van der Waals surface area contributed by atoms with Crippen LogP contribution in [-0.4, -0.2) is 48.3 Å². The number of carbonyl (C=O) groups excluding carboxylic acids is 1. The number of hydrogen-bond acceptors (Lipinski definition) is 3. The van der Waals surface area contributed by atoms with Gasteiger partial charge in [-0.25, -0.2) is 4.79 Å². The van der Waals surface area contributed by atoms with Crippen LogP contribution >= 0.6 is 11.6 Å². The van der Waals surface area contributed by atoms with Gasteiger partial charge in [-0.15, -0.1) is 0 Å². The molecule has 0 aliphatic carbocycles. The van der Waals surface area contributed by atoms with E-state index in [1.807, 2.05) is 31.2 Å². The molecule has 1 aromatic carbocycles. The van der Waals surface area contributed by atoms with Crippen molar-refractivity contribution in [2.24, 2.45) is 0 Å². The second-order valence-corrected chi connectivity index (χ2v) is 6.34. The molecule has 0 spiro atoms. The topological polar surface area (TPSA) is 64.6 Å². The summed E-state index contributed by atoms with van der Waals surface area (Å²) in [6, 6.07) is 7.76. The highest BCUT2D eigenvalue weighted by molar-refractivity contribution is 6.30. The van der Waals surface area contributed by atoms with E-state index in [1.165, 1.54) is 0 Å². The van der Waals surface area contributed by atoms with E-state index >= 15 is 0 Å². The number of rotatable bonds is 5. The summed E-state index contributed by atoms with van der Waals surface area (Å²) in [5, 5.41) is 15.5. The first-order chi connectivity index (χ1) is 10.5. The fraction of sp³-hybridized carbons (Fsp3) is 0.562. The average molecular weight is 326 g/mol. The quantitative estimate of drug-likeness (QED) is 0.777. The molecule has 1 aliphatic heterocycles. The van der Waals surface area contributed by atoms with Crippen LogP contribution in [-0.2, 0) is 0 Å². The maximum atomic E-state index is 12.1. The molecule has 1 saturated heterocycles. The van der Waals surface area contributed by atoms with Crippen molar-refractivity contribution >= 4 is 17.6 Å². The zero-order valence-corrected chi connectivity index (χ0v) is 13.8. The number of aliphatic hydroxyl groups is 1. The molecule has 3 atom stereocenters. The lowest BCUT2D eigenvalue weighted by Gasteiger charge is -2.27. The fourth-order valence-electron chi connectivity index (χ4n) is 2.94. The van der Waals surface area contributed by atoms with Crippen LogP contribution in [0.4, 0.5) is 4.79 Å². The van der Waals surface area contributed by atoms with Gasteiger partial charge in [0.1, 0.15) is 0 Å². The van der Waals surface area contributed by atoms with E-state index < -0.39 is 0 Å². The van der Waals surface area contributed by atoms with Crippen molar-refractivity contribution < 1.29 is 9.90 Å². The number of carbonyl (C=O) groups is 1. The van der Waals surface area contributed by atoms with Crippen LogP contribution in [0.25, 0.3) is 0 Å². The van der Waals surface area contributed by atoms with Crippen LogP contribution in [0, 0.1) is 0 Å². The Balaban J connectivity index is 2.00. The van der Waals surface area contributed by atoms with Gasteiger partial charge in [0.05, 0.1) is 12.1 Å². The molecule has 22 heavy (non-hydrogen) atoms. The number of nitrogens with zero attached hydrogens (tertiary/aromatic N) is 1. The lowest BCUT2D eigenvalue weighted by molar-refractivity contribution is 0.221. The summed E-state index contributed by atoms with van der Waals surface area (Å²) in [6.07, 6.45) is 1.46. The number of amides is 2. The Morgan fingerprint density at radius 3 is 2.77 bits per heavy atom. The van der Waals surface area contributed by atoms with Gasteiger partial charge in [-0.2, -0.15) is 0 Å². The van der Waals surface area contributed by atoms with Crippen molar-refractivity contribution in [3.8, 4) is 0 Å². The molecule has 0 radical (unpaired) electrons. The van der Waals surface area contributed by atoms with Gasteiger partial charge in [0, 0.05) is 24.2 Å². The first-order valence-corrected chi connectivity index (χ1v) is 8.02. The monoisotopic (exact) mass is 325 g/mol. The molecule has 0 aromatic heterocycles. The number of halogens is 1. The van der Waals surface area contributed by atoms with Crippen LogP contribution in [0.2, 0.25) is 5.02 Å². The van der Waals surface area contributed by atoms with Crippen molar-refractivity contribution in [2.45, 2.75) is 37.9 Å². The van der Waals surface area contributed by atoms with Crippen LogP contribution in [0.3, 0.4) is 0 Å². The highest BCUT2D eigenvalue weighted by Gasteiger charge is 2.34. The molecular weight excluding hydrogens is 302 g/mol. The zero-order chi connectivity index (χ0) is 16.1. The Bertz CT molecular complexity index is 495. The number of urea groups is 1. The van der Waals surface area contributed by atoms with Gasteiger partial charge < -0.3 is 15.7 Å². The number of hydrogen-bond donors (Lipinski definition) is 3. The minimum Gasteiger partial charge on any atom is -0.396 e. The second-order valence-electron chi connectivity index (χ2n) is 5.90. The van der Waals surface area contributed by atoms with Crippen molar-refractivity contribution in [1.82, 2.24) is 15.5 Å². The minimum absolute atomic E-state index is 0.0434. The number of benzene rings is 1. The largest absolute Gasteiger partial charge is 0.396 e. The van der Waals surface area contributed by atoms with Crippen molar-refractivity contribution in [3.63, 3.8) is 0 Å². The summed E-state index contributed by atoms with van der Waals surface area (Å²) in [6.45, 7) is 2.89. The predicted octanol–water partition coefficient (Wildman–Crippen LogP) is 2.16. The molecule has 2 amide bonds. The van der Waals surface area contributed by atoms with E-state index in [2.05, 4.69) is 22.6 Å². The van der Waals surface area contributed by atoms with Crippen molar-refractivity contribution in [3.05, 3.63) is 34.9 Å². The number of likely N-dealkylation sites (N-methyl/N-ethyl adjacent to an activating group) is 1. The fourth-order valence-corrected chi connectivity index (χ4v) is 3.07. The van der Waals surface area contributed by atoms with Gasteiger partial charge >= 0.3 is 6.03 Å². The third kappa shape index (κ3) is 4.35. The molecular formula is C16H24ClN3O2. The summed E-state index contributed by atoms with van der Waals surface area (Å²) in [5.41, 5.74) is 1.15. The Kier molecular flexibility index (Phi) is 6.06. The summed E-state index contributed by atoms with van der Waals surface area (Å²) in [5.74, 6) is 0. The summed E-state index contributed by atoms with van der Waals surface area (Å²) < 4.78 is 0. The first kappa shape index (κ1) is 17.1. The molecule has 1 aromatic rings. The highest BCUT2D eigenvalue weighted by Crippen LogP contribution is 2.31. The molecule has 6 heteroatoms. The number of aliphatic hydroxyl groups excluding tert-OH is 1. The normalized spacial score (nSPS) is 23.3. The van der Waals surface area contributed by atoms with E-state index in [9.17, 15) is 4.79 Å². The molecule has 1 aliphatic rings. The maximum absolute atomic E-state index is 12.1. The van der Waals surface area contributed by atoms with Gasteiger partial charge in [0.15, 0.2) is 0 Å². The Hall–Kier alpha value is -1.30. The minimum atomic E-state index is -0.180. The molecule has 0 bridgehead atoms. The van der Waals surface area contributed by atoms with Gasteiger partial charge in [0.2, 0.25) is 0 Å². The highest BCUT2D eigenvalue weighted by atomic mass is 35.5. The second kappa shape index (κ2) is 7.81. The van der Waals surface area contributed by atoms with E-state index in [1.54, 1.807) is 0 Å². The van der Waals surface area contributed by atoms with Gasteiger partial charge in [-0.1, -0.05) is 23.7 Å². The molecule has 5 nitrogen and oxygen atoms in total. The third-order valence-electron chi connectivity index (χ3n) is 4.12. The van der Waals surface area contributed by atoms with Crippen LogP contribution < -0.4 is 10.6 Å². The molecule has 3 N–H and O–H groups in total. The number of nitrogens with one attached hydrogen (secondary N) is 2. The SMILES string of the molecule is C[C@H](CCO)NC(=O)NC1CCN(C)C1c1ccc(Cl)cc1. The molecule has 1 fully saturated rings. The van der Waals surface area contributed by atoms with Crippen LogP contribution in [0.5, 0.6) is 0 Å². The first-order valence-electron chi connectivity index (χ1n) is 7.65. The Morgan fingerprint density at radius 1 is 1.45 bits per heavy atom. The van der Waals surface area contributed by atoms with E-state index in [0.29, 0.717) is 11.4 Å². The van der Waals surface area contributed by atoms with E-state index in [4.69, 9.17) is 16.7 Å². The van der Waals surface area contributed by atoms with Gasteiger partial charge in [-0.05, 0) is 44.5 Å². The standard InChI is InChI=1S/C16H24ClN3O2/c1-11(8-10-21)18-16(22)19-14-7-9-20(2)15(14)12-3-5-13(17)6-4-12/h3-6,11,14-15,21H,7-10H2,1-2H3,(H2,18,19,22)/t11-,14?,15?/m1/s1. The molecule has 1 heterocycles. The summed E-state index contributed by atoms with van der Waals surface area (Å²) >= 11 is 5.95. The average Bonchev–Trinajstić information content (AvgIpc) is 2.81. The van der Waals surface area contributed by atoms with Crippen LogP contribution in [0.1, 0.15) is 31.4 Å². The lowest BCUT2D eigenvalue weighted by atomic mass is 10.0. The van der Waals surface area contributed by atoms with Crippen molar-refractivity contribution in [2.75, 3.05) is 20.2 Å². The van der Waals surface area contributed by atoms with E-state index in [0.717, 1.165) is 18.5 Å². The molecule has 2 unspecified atom stereocenters. The molecule has 122 valence electrons. The zero-order valence-electron chi connectivity index (χ0n) is 13.1. The third-order valence-corrected chi connectivity index (χ3v) is 4.37. The smallest absolute Gasteiger partial charge is 0.315 e. The lowest BCUT2D eigenvalue weighted by Crippen LogP contribution is -2.47. The summed E-state index contributed by atoms with van der Waals surface area (Å²) in [7, 11) is 2.06. The van der Waals surface area contributed by atoms with E-state index in [-0.39, 0.29) is 30.8 Å². The van der Waals surface area contributed by atoms with Crippen LogP contribution in [0.15, 0.2) is 24.3 Å².